The maximum absolute atomic E-state index is 9.03. The lowest BCUT2D eigenvalue weighted by atomic mass is 9.95. The van der Waals surface area contributed by atoms with Gasteiger partial charge in [-0.2, -0.15) is 0 Å². The van der Waals surface area contributed by atoms with Crippen LogP contribution < -0.4 is 0 Å². The first-order valence-electron chi connectivity index (χ1n) is 11.7. The van der Waals surface area contributed by atoms with Gasteiger partial charge in [-0.25, -0.2) is 0 Å². The quantitative estimate of drug-likeness (QED) is 0.190. The normalized spacial score (nSPS) is 12.1. The van der Waals surface area contributed by atoms with Crippen LogP contribution in [-0.4, -0.2) is 49.0 Å². The van der Waals surface area contributed by atoms with E-state index >= 15 is 0 Å². The van der Waals surface area contributed by atoms with Crippen LogP contribution in [0.4, 0.5) is 0 Å². The van der Waals surface area contributed by atoms with Crippen molar-refractivity contribution in [2.45, 2.75) is 103 Å². The molecule has 0 aromatic rings. The van der Waals surface area contributed by atoms with Crippen molar-refractivity contribution in [3.63, 3.8) is 0 Å². The number of nitrogens with zero attached hydrogens (tertiary/aromatic N) is 1. The monoisotopic (exact) mass is 383 g/mol. The molecule has 0 aliphatic carbocycles. The van der Waals surface area contributed by atoms with E-state index in [-0.39, 0.29) is 13.2 Å². The van der Waals surface area contributed by atoms with E-state index in [1.54, 1.807) is 0 Å². The van der Waals surface area contributed by atoms with Gasteiger partial charge in [-0.05, 0) is 71.5 Å². The lowest BCUT2D eigenvalue weighted by molar-refractivity contribution is 0.207. The standard InChI is InChI=1S/C24H49NO2/c1-25(2)21-17-15-13-11-9-7-5-3-4-6-8-10-12-14-16-18-24(19-22-26)20-23-27/h3-4,24,26-27H,5-23H2,1-2H3/b4-3-. The summed E-state index contributed by atoms with van der Waals surface area (Å²) in [6, 6.07) is 0. The van der Waals surface area contributed by atoms with Gasteiger partial charge < -0.3 is 15.1 Å². The largest absolute Gasteiger partial charge is 0.396 e. The molecule has 2 N–H and O–H groups in total. The van der Waals surface area contributed by atoms with Crippen molar-refractivity contribution in [3.05, 3.63) is 12.2 Å². The minimum Gasteiger partial charge on any atom is -0.396 e. The predicted octanol–water partition coefficient (Wildman–Crippen LogP) is 5.95. The summed E-state index contributed by atoms with van der Waals surface area (Å²) in [5.74, 6) is 0.515. The Morgan fingerprint density at radius 1 is 0.593 bits per heavy atom. The SMILES string of the molecule is CN(C)CCCCCCCC/C=C\CCCCCCCC(CCO)CCO. The number of aliphatic hydroxyl groups is 2. The predicted molar refractivity (Wildman–Crippen MR) is 119 cm³/mol. The van der Waals surface area contributed by atoms with Gasteiger partial charge in [-0.15, -0.1) is 0 Å². The molecule has 0 aliphatic rings. The second-order valence-electron chi connectivity index (χ2n) is 8.42. The average Bonchev–Trinajstić information content (AvgIpc) is 2.64. The highest BCUT2D eigenvalue weighted by Gasteiger charge is 2.06. The van der Waals surface area contributed by atoms with Crippen LogP contribution in [0, 0.1) is 5.92 Å². The molecule has 0 aromatic heterocycles. The third-order valence-electron chi connectivity index (χ3n) is 5.45. The van der Waals surface area contributed by atoms with E-state index in [0.717, 1.165) is 19.3 Å². The van der Waals surface area contributed by atoms with E-state index in [1.807, 2.05) is 0 Å². The number of rotatable bonds is 21. The summed E-state index contributed by atoms with van der Waals surface area (Å²) in [5, 5.41) is 18.1. The minimum absolute atomic E-state index is 0.258. The molecular formula is C24H49NO2. The lowest BCUT2D eigenvalue weighted by Gasteiger charge is -2.13. The number of aliphatic hydroxyl groups excluding tert-OH is 2. The van der Waals surface area contributed by atoms with Crippen molar-refractivity contribution in [1.82, 2.24) is 4.90 Å². The highest BCUT2D eigenvalue weighted by molar-refractivity contribution is 4.81. The van der Waals surface area contributed by atoms with Gasteiger partial charge in [-0.3, -0.25) is 0 Å². The van der Waals surface area contributed by atoms with E-state index in [0.29, 0.717) is 5.92 Å². The molecule has 0 atom stereocenters. The number of unbranched alkanes of at least 4 members (excludes halogenated alkanes) is 11. The van der Waals surface area contributed by atoms with E-state index in [4.69, 9.17) is 10.2 Å². The van der Waals surface area contributed by atoms with Crippen molar-refractivity contribution in [2.24, 2.45) is 5.92 Å². The molecule has 0 radical (unpaired) electrons. The molecule has 0 spiro atoms. The Morgan fingerprint density at radius 3 is 1.52 bits per heavy atom. The van der Waals surface area contributed by atoms with E-state index in [9.17, 15) is 0 Å². The van der Waals surface area contributed by atoms with Gasteiger partial charge in [0, 0.05) is 13.2 Å². The fourth-order valence-corrected chi connectivity index (χ4v) is 3.66. The van der Waals surface area contributed by atoms with Crippen molar-refractivity contribution >= 4 is 0 Å². The Hall–Kier alpha value is -0.380. The molecule has 0 bridgehead atoms. The maximum atomic E-state index is 9.03. The average molecular weight is 384 g/mol. The van der Waals surface area contributed by atoms with Gasteiger partial charge in [-0.1, -0.05) is 69.9 Å². The topological polar surface area (TPSA) is 43.7 Å². The van der Waals surface area contributed by atoms with Gasteiger partial charge in [0.15, 0.2) is 0 Å². The number of hydrogen-bond donors (Lipinski definition) is 2. The van der Waals surface area contributed by atoms with Crippen LogP contribution in [-0.2, 0) is 0 Å². The molecule has 27 heavy (non-hydrogen) atoms. The Balaban J connectivity index is 3.24. The Bertz CT molecular complexity index is 299. The van der Waals surface area contributed by atoms with E-state index in [2.05, 4.69) is 31.1 Å². The van der Waals surface area contributed by atoms with Gasteiger partial charge in [0.05, 0.1) is 0 Å². The molecule has 3 nitrogen and oxygen atoms in total. The lowest BCUT2D eigenvalue weighted by Crippen LogP contribution is -2.12. The van der Waals surface area contributed by atoms with Crippen LogP contribution in [0.5, 0.6) is 0 Å². The summed E-state index contributed by atoms with van der Waals surface area (Å²) >= 11 is 0. The molecule has 3 heteroatoms. The first kappa shape index (κ1) is 26.6. The highest BCUT2D eigenvalue weighted by atomic mass is 16.3. The molecule has 0 saturated carbocycles. The molecule has 0 amide bonds. The third kappa shape index (κ3) is 21.8. The summed E-state index contributed by atoms with van der Waals surface area (Å²) in [5.41, 5.74) is 0. The molecular weight excluding hydrogens is 334 g/mol. The van der Waals surface area contributed by atoms with Crippen LogP contribution in [0.25, 0.3) is 0 Å². The zero-order chi connectivity index (χ0) is 20.0. The molecule has 0 rings (SSSR count). The highest BCUT2D eigenvalue weighted by Crippen LogP contribution is 2.18. The molecule has 0 aromatic carbocycles. The van der Waals surface area contributed by atoms with Crippen LogP contribution in [0.2, 0.25) is 0 Å². The van der Waals surface area contributed by atoms with E-state index < -0.39 is 0 Å². The first-order valence-corrected chi connectivity index (χ1v) is 11.7. The molecule has 0 saturated heterocycles. The first-order chi connectivity index (χ1) is 13.2. The number of hydrogen-bond acceptors (Lipinski definition) is 3. The van der Waals surface area contributed by atoms with Crippen molar-refractivity contribution in [2.75, 3.05) is 33.9 Å². The fraction of sp³-hybridized carbons (Fsp3) is 0.917. The van der Waals surface area contributed by atoms with Gasteiger partial charge in [0.1, 0.15) is 0 Å². The van der Waals surface area contributed by atoms with Crippen LogP contribution in [0.3, 0.4) is 0 Å². The van der Waals surface area contributed by atoms with E-state index in [1.165, 1.54) is 90.0 Å². The maximum Gasteiger partial charge on any atom is 0.0433 e. The summed E-state index contributed by atoms with van der Waals surface area (Å²) in [7, 11) is 4.31. The molecule has 0 heterocycles. The Labute approximate surface area is 170 Å². The zero-order valence-corrected chi connectivity index (χ0v) is 18.5. The minimum atomic E-state index is 0.258. The van der Waals surface area contributed by atoms with Crippen LogP contribution in [0.15, 0.2) is 12.2 Å². The second-order valence-corrected chi connectivity index (χ2v) is 8.42. The fourth-order valence-electron chi connectivity index (χ4n) is 3.66. The molecule has 162 valence electrons. The zero-order valence-electron chi connectivity index (χ0n) is 18.5. The Morgan fingerprint density at radius 2 is 1.04 bits per heavy atom. The van der Waals surface area contributed by atoms with Gasteiger partial charge in [0.2, 0.25) is 0 Å². The summed E-state index contributed by atoms with van der Waals surface area (Å²) < 4.78 is 0. The van der Waals surface area contributed by atoms with Crippen molar-refractivity contribution in [3.8, 4) is 0 Å². The number of allylic oxidation sites excluding steroid dienone is 2. The molecule has 0 fully saturated rings. The van der Waals surface area contributed by atoms with Gasteiger partial charge in [0.25, 0.3) is 0 Å². The Kier molecular flexibility index (Phi) is 21.6. The summed E-state index contributed by atoms with van der Waals surface area (Å²) in [4.78, 5) is 2.28. The second kappa shape index (κ2) is 21.9. The van der Waals surface area contributed by atoms with Crippen LogP contribution >= 0.6 is 0 Å². The molecule has 0 aliphatic heterocycles. The van der Waals surface area contributed by atoms with Crippen LogP contribution in [0.1, 0.15) is 103 Å². The smallest absolute Gasteiger partial charge is 0.0433 e. The molecule has 0 unspecified atom stereocenters. The summed E-state index contributed by atoms with van der Waals surface area (Å²) in [6.45, 7) is 1.75. The summed E-state index contributed by atoms with van der Waals surface area (Å²) in [6.07, 6.45) is 24.9. The van der Waals surface area contributed by atoms with Crippen molar-refractivity contribution in [1.29, 1.82) is 0 Å². The van der Waals surface area contributed by atoms with Gasteiger partial charge >= 0.3 is 0 Å². The van der Waals surface area contributed by atoms with Crippen molar-refractivity contribution < 1.29 is 10.2 Å². The third-order valence-corrected chi connectivity index (χ3v) is 5.45.